The second-order valence-electron chi connectivity index (χ2n) is 12.3. The Morgan fingerprint density at radius 3 is 2.48 bits per heavy atom. The van der Waals surface area contributed by atoms with Crippen molar-refractivity contribution in [2.45, 2.75) is 83.8 Å². The number of fused-ring (bicyclic) bond motifs is 2. The van der Waals surface area contributed by atoms with Gasteiger partial charge in [-0.05, 0) is 93.8 Å². The molecule has 1 N–H and O–H groups in total. The van der Waals surface area contributed by atoms with Gasteiger partial charge in [0, 0.05) is 50.1 Å². The maximum absolute atomic E-state index is 13.9. The lowest BCUT2D eigenvalue weighted by Crippen LogP contribution is -2.58. The highest BCUT2D eigenvalue weighted by Gasteiger charge is 2.59. The average molecular weight is 587 g/mol. The van der Waals surface area contributed by atoms with Gasteiger partial charge in [0.2, 0.25) is 5.60 Å². The molecule has 11 heteroatoms. The Hall–Kier alpha value is -3.60. The number of ether oxygens (including phenoxy) is 2. The highest BCUT2D eigenvalue weighted by molar-refractivity contribution is 5.87. The van der Waals surface area contributed by atoms with Gasteiger partial charge in [-0.2, -0.15) is 13.2 Å². The minimum absolute atomic E-state index is 0.0222. The van der Waals surface area contributed by atoms with Crippen LogP contribution in [0.3, 0.4) is 0 Å². The molecule has 0 radical (unpaired) electrons. The molecular weight excluding hydrogens is 549 g/mol. The number of aromatic nitrogens is 2. The molecule has 1 fully saturated rings. The van der Waals surface area contributed by atoms with Gasteiger partial charge < -0.3 is 24.3 Å². The average Bonchev–Trinajstić information content (AvgIpc) is 3.56. The third-order valence-electron chi connectivity index (χ3n) is 8.33. The van der Waals surface area contributed by atoms with Crippen LogP contribution in [0, 0.1) is 6.92 Å². The minimum atomic E-state index is -4.88. The Morgan fingerprint density at radius 2 is 1.81 bits per heavy atom. The largest absolute Gasteiger partial charge is 0.444 e. The van der Waals surface area contributed by atoms with E-state index >= 15 is 0 Å². The van der Waals surface area contributed by atoms with Crippen LogP contribution in [0.1, 0.15) is 68.8 Å². The summed E-state index contributed by atoms with van der Waals surface area (Å²) in [6, 6.07) is 5.72. The molecule has 2 aromatic heterocycles. The number of carbonyl (C=O) groups excluding carboxylic acids is 2. The number of pyridine rings is 1. The lowest BCUT2D eigenvalue weighted by atomic mass is 9.86. The standard InChI is InChI=1S/C31H37F3N4O4/c1-18-15-35-26-22(18)14-21(16-36-26)20-12-19-9-11-37(27(39)30(5,41-6)31(32,33)34)17-24(19)23(13-20)25-8-7-10-38(25)28(40)42-29(2,3)4/h12-16,25H,7-11,17H2,1-6H3,(H,35,36)/t25-,30+/m0/s1. The lowest BCUT2D eigenvalue weighted by Gasteiger charge is -2.39. The SMILES string of the molecule is CO[C@](C)(C(=O)N1CCc2cc(-c3cnc4[nH]cc(C)c4c3)cc([C@@H]3CCCN3C(=O)OC(C)(C)C)c2C1)C(F)(F)F. The second-order valence-corrected chi connectivity index (χ2v) is 12.3. The number of nitrogens with one attached hydrogen (secondary N) is 1. The number of H-pyrrole nitrogens is 1. The molecule has 42 heavy (non-hydrogen) atoms. The summed E-state index contributed by atoms with van der Waals surface area (Å²) in [5, 5.41) is 0.991. The molecule has 0 saturated carbocycles. The number of amides is 2. The van der Waals surface area contributed by atoms with E-state index < -0.39 is 29.4 Å². The van der Waals surface area contributed by atoms with Gasteiger partial charge >= 0.3 is 12.3 Å². The van der Waals surface area contributed by atoms with Gasteiger partial charge in [0.1, 0.15) is 11.2 Å². The zero-order valence-electron chi connectivity index (χ0n) is 24.8. The summed E-state index contributed by atoms with van der Waals surface area (Å²) < 4.78 is 52.2. The molecule has 2 amide bonds. The number of hydrogen-bond acceptors (Lipinski definition) is 5. The molecule has 3 aromatic rings. The van der Waals surface area contributed by atoms with Gasteiger partial charge in [0.05, 0.1) is 6.04 Å². The number of nitrogens with zero attached hydrogens (tertiary/aromatic N) is 3. The molecule has 0 spiro atoms. The zero-order valence-corrected chi connectivity index (χ0v) is 24.8. The summed E-state index contributed by atoms with van der Waals surface area (Å²) in [5.41, 5.74) is 2.46. The number of likely N-dealkylation sites (tertiary alicyclic amines) is 1. The fourth-order valence-corrected chi connectivity index (χ4v) is 5.88. The van der Waals surface area contributed by atoms with Crippen LogP contribution in [0.4, 0.5) is 18.0 Å². The number of aryl methyl sites for hydroxylation is 1. The first-order chi connectivity index (χ1) is 19.6. The Kier molecular flexibility index (Phi) is 7.53. The van der Waals surface area contributed by atoms with Crippen molar-refractivity contribution >= 4 is 23.0 Å². The van der Waals surface area contributed by atoms with Crippen molar-refractivity contribution in [2.24, 2.45) is 0 Å². The molecule has 2 atom stereocenters. The first-order valence-electron chi connectivity index (χ1n) is 14.1. The third kappa shape index (κ3) is 5.34. The van der Waals surface area contributed by atoms with E-state index in [1.54, 1.807) is 11.1 Å². The van der Waals surface area contributed by atoms with Gasteiger partial charge in [-0.15, -0.1) is 0 Å². The first-order valence-corrected chi connectivity index (χ1v) is 14.1. The van der Waals surface area contributed by atoms with Crippen molar-refractivity contribution in [3.8, 4) is 11.1 Å². The molecule has 2 aliphatic rings. The smallest absolute Gasteiger partial charge is 0.426 e. The van der Waals surface area contributed by atoms with Crippen molar-refractivity contribution in [3.05, 3.63) is 52.8 Å². The van der Waals surface area contributed by atoms with Crippen LogP contribution >= 0.6 is 0 Å². The molecule has 1 saturated heterocycles. The van der Waals surface area contributed by atoms with E-state index in [0.717, 1.165) is 64.9 Å². The number of methoxy groups -OCH3 is 1. The zero-order chi connectivity index (χ0) is 30.6. The summed E-state index contributed by atoms with van der Waals surface area (Å²) in [7, 11) is 0.898. The predicted molar refractivity (Wildman–Crippen MR) is 152 cm³/mol. The van der Waals surface area contributed by atoms with Crippen LogP contribution in [-0.2, 0) is 27.2 Å². The lowest BCUT2D eigenvalue weighted by molar-refractivity contribution is -0.258. The molecule has 1 aromatic carbocycles. The van der Waals surface area contributed by atoms with Crippen LogP contribution in [-0.4, -0.2) is 69.3 Å². The fourth-order valence-electron chi connectivity index (χ4n) is 5.88. The number of benzene rings is 1. The summed E-state index contributed by atoms with van der Waals surface area (Å²) in [5.74, 6) is -1.13. The molecule has 226 valence electrons. The molecular formula is C31H37F3N4O4. The number of rotatable bonds is 4. The quantitative estimate of drug-likeness (QED) is 0.379. The van der Waals surface area contributed by atoms with Crippen LogP contribution in [0.25, 0.3) is 22.2 Å². The number of halogens is 3. The van der Waals surface area contributed by atoms with Crippen LogP contribution < -0.4 is 0 Å². The first kappa shape index (κ1) is 29.9. The monoisotopic (exact) mass is 586 g/mol. The Bertz CT molecular complexity index is 1530. The summed E-state index contributed by atoms with van der Waals surface area (Å²) in [4.78, 5) is 37.2. The maximum Gasteiger partial charge on any atom is 0.426 e. The van der Waals surface area contributed by atoms with Crippen molar-refractivity contribution in [2.75, 3.05) is 20.2 Å². The van der Waals surface area contributed by atoms with Gasteiger partial charge in [0.15, 0.2) is 0 Å². The number of hydrogen-bond donors (Lipinski definition) is 1. The van der Waals surface area contributed by atoms with Crippen molar-refractivity contribution < 1.29 is 32.2 Å². The Morgan fingerprint density at radius 1 is 1.07 bits per heavy atom. The Labute approximate surface area is 243 Å². The minimum Gasteiger partial charge on any atom is -0.444 e. The van der Waals surface area contributed by atoms with Crippen molar-refractivity contribution in [3.63, 3.8) is 0 Å². The Balaban J connectivity index is 1.60. The van der Waals surface area contributed by atoms with E-state index in [0.29, 0.717) is 19.4 Å². The predicted octanol–water partition coefficient (Wildman–Crippen LogP) is 6.46. The summed E-state index contributed by atoms with van der Waals surface area (Å²) >= 11 is 0. The van der Waals surface area contributed by atoms with E-state index in [-0.39, 0.29) is 19.1 Å². The highest BCUT2D eigenvalue weighted by Crippen LogP contribution is 2.42. The van der Waals surface area contributed by atoms with Gasteiger partial charge in [-0.1, -0.05) is 6.07 Å². The maximum atomic E-state index is 13.9. The molecule has 0 aliphatic carbocycles. The van der Waals surface area contributed by atoms with Crippen molar-refractivity contribution in [1.82, 2.24) is 19.8 Å². The summed E-state index contributed by atoms with van der Waals surface area (Å²) in [6.45, 7) is 8.77. The van der Waals surface area contributed by atoms with Gasteiger partial charge in [-0.3, -0.25) is 4.79 Å². The molecule has 5 rings (SSSR count). The molecule has 8 nitrogen and oxygen atoms in total. The van der Waals surface area contributed by atoms with Gasteiger partial charge in [0.25, 0.3) is 5.91 Å². The molecule has 0 bridgehead atoms. The van der Waals surface area contributed by atoms with Gasteiger partial charge in [-0.25, -0.2) is 9.78 Å². The van der Waals surface area contributed by atoms with Crippen LogP contribution in [0.5, 0.6) is 0 Å². The highest BCUT2D eigenvalue weighted by atomic mass is 19.4. The molecule has 0 unspecified atom stereocenters. The van der Waals surface area contributed by atoms with Crippen LogP contribution in [0.15, 0.2) is 30.6 Å². The van der Waals surface area contributed by atoms with E-state index in [9.17, 15) is 22.8 Å². The van der Waals surface area contributed by atoms with Crippen LogP contribution in [0.2, 0.25) is 0 Å². The summed E-state index contributed by atoms with van der Waals surface area (Å²) in [6.07, 6.45) is 0.132. The number of alkyl halides is 3. The topological polar surface area (TPSA) is 87.8 Å². The van der Waals surface area contributed by atoms with E-state index in [1.165, 1.54) is 4.90 Å². The second kappa shape index (κ2) is 10.6. The number of aromatic amines is 1. The third-order valence-corrected chi connectivity index (χ3v) is 8.33. The van der Waals surface area contributed by atoms with E-state index in [4.69, 9.17) is 9.47 Å². The van der Waals surface area contributed by atoms with E-state index in [2.05, 4.69) is 16.0 Å². The van der Waals surface area contributed by atoms with Crippen molar-refractivity contribution in [1.29, 1.82) is 0 Å². The fraction of sp³-hybridized carbons (Fsp3) is 0.516. The molecule has 4 heterocycles. The normalized spacial score (nSPS) is 19.1. The number of carbonyl (C=O) groups is 2. The molecule has 2 aliphatic heterocycles. The van der Waals surface area contributed by atoms with E-state index in [1.807, 2.05) is 46.0 Å².